The number of pyridine rings is 1. The van der Waals surface area contributed by atoms with Crippen molar-refractivity contribution in [3.05, 3.63) is 12.3 Å². The summed E-state index contributed by atoms with van der Waals surface area (Å²) >= 11 is 0. The molecule has 68 valence electrons. The summed E-state index contributed by atoms with van der Waals surface area (Å²) in [6.07, 6.45) is 1.62. The van der Waals surface area contributed by atoms with Crippen LogP contribution in [0.3, 0.4) is 0 Å². The molecule has 2 rings (SSSR count). The van der Waals surface area contributed by atoms with Crippen molar-refractivity contribution in [1.82, 2.24) is 20.0 Å². The Labute approximate surface area is 75.6 Å². The van der Waals surface area contributed by atoms with E-state index in [2.05, 4.69) is 15.3 Å². The lowest BCUT2D eigenvalue weighted by molar-refractivity contribution is 0.526. The van der Waals surface area contributed by atoms with E-state index < -0.39 is 0 Å². The van der Waals surface area contributed by atoms with Crippen LogP contribution >= 0.6 is 0 Å². The van der Waals surface area contributed by atoms with E-state index in [1.165, 1.54) is 0 Å². The highest BCUT2D eigenvalue weighted by Gasteiger charge is 2.07. The van der Waals surface area contributed by atoms with Gasteiger partial charge in [-0.2, -0.15) is 0 Å². The molecule has 5 heteroatoms. The molecule has 0 aliphatic rings. The number of hydrogen-bond donors (Lipinski definition) is 1. The summed E-state index contributed by atoms with van der Waals surface area (Å²) in [6, 6.07) is 2.04. The molecule has 0 saturated heterocycles. The van der Waals surface area contributed by atoms with Crippen LogP contribution in [0.25, 0.3) is 11.2 Å². The Hall–Kier alpha value is -1.65. The van der Waals surface area contributed by atoms with Crippen LogP contribution in [0.2, 0.25) is 0 Å². The molecule has 0 spiro atoms. The minimum atomic E-state index is 0.265. The first-order valence-electron chi connectivity index (χ1n) is 4.15. The molecule has 0 fully saturated rings. The van der Waals surface area contributed by atoms with Gasteiger partial charge in [-0.05, 0) is 19.9 Å². The van der Waals surface area contributed by atoms with E-state index in [-0.39, 0.29) is 6.04 Å². The summed E-state index contributed by atoms with van der Waals surface area (Å²) in [6.45, 7) is 4.07. The third kappa shape index (κ3) is 1.22. The standard InChI is InChI=1S/C8H11N5/c1-5(2)13-8-7(11-12-13)3-6(9)4-10-8/h3-5H,9H2,1-2H3. The highest BCUT2D eigenvalue weighted by molar-refractivity contribution is 5.73. The molecule has 0 bridgehead atoms. The summed E-state index contributed by atoms with van der Waals surface area (Å²) in [5, 5.41) is 7.96. The monoisotopic (exact) mass is 177 g/mol. The number of nitrogens with two attached hydrogens (primary N) is 1. The Morgan fingerprint density at radius 3 is 2.92 bits per heavy atom. The lowest BCUT2D eigenvalue weighted by atomic mass is 10.3. The molecule has 13 heavy (non-hydrogen) atoms. The van der Waals surface area contributed by atoms with Gasteiger partial charge in [-0.25, -0.2) is 9.67 Å². The molecule has 0 radical (unpaired) electrons. The normalized spacial score (nSPS) is 11.3. The smallest absolute Gasteiger partial charge is 0.178 e. The van der Waals surface area contributed by atoms with Crippen LogP contribution in [0.5, 0.6) is 0 Å². The largest absolute Gasteiger partial charge is 0.397 e. The van der Waals surface area contributed by atoms with E-state index in [1.807, 2.05) is 13.8 Å². The summed E-state index contributed by atoms with van der Waals surface area (Å²) in [5.74, 6) is 0. The Bertz CT molecular complexity index is 431. The summed E-state index contributed by atoms with van der Waals surface area (Å²) in [7, 11) is 0. The fourth-order valence-electron chi connectivity index (χ4n) is 1.20. The van der Waals surface area contributed by atoms with E-state index >= 15 is 0 Å². The minimum Gasteiger partial charge on any atom is -0.397 e. The Morgan fingerprint density at radius 1 is 1.46 bits per heavy atom. The Morgan fingerprint density at radius 2 is 2.23 bits per heavy atom. The predicted octanol–water partition coefficient (Wildman–Crippen LogP) is 0.989. The predicted molar refractivity (Wildman–Crippen MR) is 50.1 cm³/mol. The van der Waals surface area contributed by atoms with Crippen molar-refractivity contribution in [2.24, 2.45) is 0 Å². The van der Waals surface area contributed by atoms with Crippen LogP contribution in [0.15, 0.2) is 12.3 Å². The molecule has 0 aromatic carbocycles. The first kappa shape index (κ1) is 7.97. The molecule has 0 atom stereocenters. The number of hydrogen-bond acceptors (Lipinski definition) is 4. The van der Waals surface area contributed by atoms with Gasteiger partial charge in [0.25, 0.3) is 0 Å². The third-order valence-corrected chi connectivity index (χ3v) is 1.82. The zero-order valence-corrected chi connectivity index (χ0v) is 7.60. The van der Waals surface area contributed by atoms with Gasteiger partial charge >= 0.3 is 0 Å². The van der Waals surface area contributed by atoms with Crippen molar-refractivity contribution < 1.29 is 0 Å². The van der Waals surface area contributed by atoms with Gasteiger partial charge < -0.3 is 5.73 Å². The molecule has 2 aromatic heterocycles. The van der Waals surface area contributed by atoms with Gasteiger partial charge in [0.15, 0.2) is 5.65 Å². The number of fused-ring (bicyclic) bond motifs is 1. The van der Waals surface area contributed by atoms with E-state index in [0.29, 0.717) is 5.69 Å². The van der Waals surface area contributed by atoms with Gasteiger partial charge in [-0.15, -0.1) is 5.10 Å². The average Bonchev–Trinajstić information content (AvgIpc) is 2.46. The van der Waals surface area contributed by atoms with E-state index in [0.717, 1.165) is 11.2 Å². The lowest BCUT2D eigenvalue weighted by Gasteiger charge is -2.03. The zero-order valence-electron chi connectivity index (χ0n) is 7.60. The molecule has 0 aliphatic heterocycles. The Kier molecular flexibility index (Phi) is 1.65. The first-order valence-corrected chi connectivity index (χ1v) is 4.15. The van der Waals surface area contributed by atoms with Crippen molar-refractivity contribution in [2.75, 3.05) is 5.73 Å². The van der Waals surface area contributed by atoms with E-state index in [4.69, 9.17) is 5.73 Å². The third-order valence-electron chi connectivity index (χ3n) is 1.82. The second kappa shape index (κ2) is 2.69. The molecule has 2 aromatic rings. The highest BCUT2D eigenvalue weighted by Crippen LogP contribution is 2.14. The van der Waals surface area contributed by atoms with Gasteiger partial charge in [0, 0.05) is 0 Å². The second-order valence-electron chi connectivity index (χ2n) is 3.24. The molecule has 0 saturated carbocycles. The summed E-state index contributed by atoms with van der Waals surface area (Å²) in [4.78, 5) is 4.17. The van der Waals surface area contributed by atoms with Gasteiger partial charge in [0.1, 0.15) is 5.52 Å². The van der Waals surface area contributed by atoms with Crippen LogP contribution < -0.4 is 5.73 Å². The van der Waals surface area contributed by atoms with Crippen LogP contribution in [0.4, 0.5) is 5.69 Å². The van der Waals surface area contributed by atoms with E-state index in [1.54, 1.807) is 16.9 Å². The molecular weight excluding hydrogens is 166 g/mol. The van der Waals surface area contributed by atoms with Crippen molar-refractivity contribution in [3.8, 4) is 0 Å². The maximum absolute atomic E-state index is 5.57. The first-order chi connectivity index (χ1) is 6.18. The molecular formula is C8H11N5. The highest BCUT2D eigenvalue weighted by atomic mass is 15.4. The van der Waals surface area contributed by atoms with Gasteiger partial charge in [0.2, 0.25) is 0 Å². The molecule has 0 aliphatic carbocycles. The van der Waals surface area contributed by atoms with Crippen molar-refractivity contribution >= 4 is 16.9 Å². The minimum absolute atomic E-state index is 0.265. The summed E-state index contributed by atoms with van der Waals surface area (Å²) < 4.78 is 1.77. The molecule has 2 N–H and O–H groups in total. The lowest BCUT2D eigenvalue weighted by Crippen LogP contribution is -2.03. The van der Waals surface area contributed by atoms with Gasteiger partial charge in [-0.3, -0.25) is 0 Å². The maximum Gasteiger partial charge on any atom is 0.178 e. The van der Waals surface area contributed by atoms with Crippen molar-refractivity contribution in [1.29, 1.82) is 0 Å². The topological polar surface area (TPSA) is 69.6 Å². The molecule has 2 heterocycles. The van der Waals surface area contributed by atoms with Crippen LogP contribution in [-0.2, 0) is 0 Å². The number of nitrogens with zero attached hydrogens (tertiary/aromatic N) is 4. The van der Waals surface area contributed by atoms with Crippen molar-refractivity contribution in [2.45, 2.75) is 19.9 Å². The quantitative estimate of drug-likeness (QED) is 0.705. The number of nitrogen functional groups attached to an aromatic ring is 1. The fraction of sp³-hybridized carbons (Fsp3) is 0.375. The van der Waals surface area contributed by atoms with Gasteiger partial charge in [0.05, 0.1) is 17.9 Å². The summed E-state index contributed by atoms with van der Waals surface area (Å²) in [5.41, 5.74) is 7.71. The number of aromatic nitrogens is 4. The average molecular weight is 177 g/mol. The number of anilines is 1. The number of rotatable bonds is 1. The van der Waals surface area contributed by atoms with Crippen molar-refractivity contribution in [3.63, 3.8) is 0 Å². The molecule has 0 unspecified atom stereocenters. The SMILES string of the molecule is CC(C)n1nnc2cc(N)cnc21. The molecule has 5 nitrogen and oxygen atoms in total. The van der Waals surface area contributed by atoms with Gasteiger partial charge in [-0.1, -0.05) is 5.21 Å². The maximum atomic E-state index is 5.57. The van der Waals surface area contributed by atoms with Crippen LogP contribution in [0.1, 0.15) is 19.9 Å². The second-order valence-corrected chi connectivity index (χ2v) is 3.24. The van der Waals surface area contributed by atoms with E-state index in [9.17, 15) is 0 Å². The Balaban J connectivity index is 2.69. The van der Waals surface area contributed by atoms with Crippen LogP contribution in [0, 0.1) is 0 Å². The fourth-order valence-corrected chi connectivity index (χ4v) is 1.20. The zero-order chi connectivity index (χ0) is 9.42. The molecule has 0 amide bonds. The van der Waals surface area contributed by atoms with Crippen LogP contribution in [-0.4, -0.2) is 20.0 Å².